The van der Waals surface area contributed by atoms with Gasteiger partial charge in [0.05, 0.1) is 14.2 Å². The first-order chi connectivity index (χ1) is 12.5. The lowest BCUT2D eigenvalue weighted by molar-refractivity contribution is 0.0982. The summed E-state index contributed by atoms with van der Waals surface area (Å²) in [6, 6.07) is 5.93. The van der Waals surface area contributed by atoms with Crippen LogP contribution in [0.1, 0.15) is 38.7 Å². The van der Waals surface area contributed by atoms with Crippen LogP contribution in [0, 0.1) is 0 Å². The van der Waals surface area contributed by atoms with Gasteiger partial charge in [-0.2, -0.15) is 0 Å². The molecular formula is C20H34N4O2. The Bertz CT molecular complexity index is 595. The molecule has 26 heavy (non-hydrogen) atoms. The Hall–Kier alpha value is -1.95. The highest BCUT2D eigenvalue weighted by atomic mass is 16.5. The van der Waals surface area contributed by atoms with Crippen molar-refractivity contribution in [1.29, 1.82) is 0 Å². The second-order valence-electron chi connectivity index (χ2n) is 7.33. The normalized spacial score (nSPS) is 16.3. The van der Waals surface area contributed by atoms with Crippen LogP contribution in [0.2, 0.25) is 0 Å². The van der Waals surface area contributed by atoms with Crippen LogP contribution in [0.15, 0.2) is 23.2 Å². The van der Waals surface area contributed by atoms with Crippen molar-refractivity contribution in [3.8, 4) is 11.5 Å². The van der Waals surface area contributed by atoms with E-state index in [-0.39, 0.29) is 5.54 Å². The maximum Gasteiger partial charge on any atom is 0.191 e. The van der Waals surface area contributed by atoms with Crippen molar-refractivity contribution < 1.29 is 9.47 Å². The molecule has 0 saturated carbocycles. The third-order valence-corrected chi connectivity index (χ3v) is 5.03. The summed E-state index contributed by atoms with van der Waals surface area (Å²) < 4.78 is 10.7. The molecule has 2 N–H and O–H groups in total. The van der Waals surface area contributed by atoms with Crippen LogP contribution < -0.4 is 20.1 Å². The molecule has 0 radical (unpaired) electrons. The number of hydrogen-bond acceptors (Lipinski definition) is 4. The Morgan fingerprint density at radius 3 is 2.38 bits per heavy atom. The van der Waals surface area contributed by atoms with E-state index in [2.05, 4.69) is 34.4 Å². The number of ether oxygens (including phenoxy) is 2. The van der Waals surface area contributed by atoms with Crippen molar-refractivity contribution in [3.05, 3.63) is 23.8 Å². The molecule has 2 rings (SSSR count). The number of hydrogen-bond donors (Lipinski definition) is 2. The standard InChI is InChI=1S/C20H34N4O2/c1-20(2,24-11-7-6-8-12-24)15-23-19(21-3)22-14-16-9-10-17(25-4)18(13-16)26-5/h9-10,13H,6-8,11-12,14-15H2,1-5H3,(H2,21,22,23). The SMILES string of the molecule is CN=C(NCc1ccc(OC)c(OC)c1)NCC(C)(C)N1CCCCC1. The first-order valence-corrected chi connectivity index (χ1v) is 9.40. The van der Waals surface area contributed by atoms with Crippen LogP contribution in [0.25, 0.3) is 0 Å². The topological polar surface area (TPSA) is 58.1 Å². The minimum Gasteiger partial charge on any atom is -0.493 e. The van der Waals surface area contributed by atoms with E-state index in [0.29, 0.717) is 6.54 Å². The van der Waals surface area contributed by atoms with Crippen molar-refractivity contribution in [3.63, 3.8) is 0 Å². The molecule has 1 aromatic rings. The Labute approximate surface area is 158 Å². The Morgan fingerprint density at radius 2 is 1.77 bits per heavy atom. The minimum atomic E-state index is 0.112. The van der Waals surface area contributed by atoms with E-state index in [9.17, 15) is 0 Å². The molecule has 1 aliphatic rings. The zero-order valence-electron chi connectivity index (χ0n) is 16.9. The van der Waals surface area contributed by atoms with Crippen LogP contribution in [-0.4, -0.2) is 57.3 Å². The summed E-state index contributed by atoms with van der Waals surface area (Å²) in [7, 11) is 5.10. The van der Waals surface area contributed by atoms with Crippen LogP contribution >= 0.6 is 0 Å². The van der Waals surface area contributed by atoms with Crippen LogP contribution in [-0.2, 0) is 6.54 Å². The monoisotopic (exact) mass is 362 g/mol. The number of nitrogens with one attached hydrogen (secondary N) is 2. The Balaban J connectivity index is 1.87. The summed E-state index contributed by atoms with van der Waals surface area (Å²) in [4.78, 5) is 6.92. The minimum absolute atomic E-state index is 0.112. The highest BCUT2D eigenvalue weighted by Crippen LogP contribution is 2.27. The van der Waals surface area contributed by atoms with Gasteiger partial charge in [0.25, 0.3) is 0 Å². The second-order valence-corrected chi connectivity index (χ2v) is 7.33. The fourth-order valence-corrected chi connectivity index (χ4v) is 3.31. The molecule has 1 aromatic carbocycles. The first kappa shape index (κ1) is 20.4. The van der Waals surface area contributed by atoms with Gasteiger partial charge in [-0.25, -0.2) is 0 Å². The Morgan fingerprint density at radius 1 is 1.08 bits per heavy atom. The fraction of sp³-hybridized carbons (Fsp3) is 0.650. The molecule has 1 heterocycles. The van der Waals surface area contributed by atoms with Gasteiger partial charge in [0.15, 0.2) is 17.5 Å². The van der Waals surface area contributed by atoms with Gasteiger partial charge in [-0.15, -0.1) is 0 Å². The molecular weight excluding hydrogens is 328 g/mol. The summed E-state index contributed by atoms with van der Waals surface area (Å²) in [6.45, 7) is 8.50. The summed E-state index contributed by atoms with van der Waals surface area (Å²) in [5, 5.41) is 6.84. The van der Waals surface area contributed by atoms with Crippen LogP contribution in [0.4, 0.5) is 0 Å². The molecule has 0 bridgehead atoms. The number of methoxy groups -OCH3 is 2. The maximum atomic E-state index is 5.37. The molecule has 1 fully saturated rings. The molecule has 1 saturated heterocycles. The highest BCUT2D eigenvalue weighted by molar-refractivity contribution is 5.79. The smallest absolute Gasteiger partial charge is 0.191 e. The van der Waals surface area contributed by atoms with Gasteiger partial charge < -0.3 is 20.1 Å². The first-order valence-electron chi connectivity index (χ1n) is 9.40. The summed E-state index contributed by atoms with van der Waals surface area (Å²) in [5.41, 5.74) is 1.22. The number of benzene rings is 1. The van der Waals surface area contributed by atoms with Crippen LogP contribution in [0.5, 0.6) is 11.5 Å². The molecule has 0 unspecified atom stereocenters. The van der Waals surface area contributed by atoms with Crippen molar-refractivity contribution >= 4 is 5.96 Å². The van der Waals surface area contributed by atoms with E-state index >= 15 is 0 Å². The van der Waals surface area contributed by atoms with Gasteiger partial charge in [-0.3, -0.25) is 9.89 Å². The fourth-order valence-electron chi connectivity index (χ4n) is 3.31. The molecule has 6 nitrogen and oxygen atoms in total. The number of aliphatic imine (C=N–C) groups is 1. The van der Waals surface area contributed by atoms with Crippen molar-refractivity contribution in [2.24, 2.45) is 4.99 Å². The zero-order valence-corrected chi connectivity index (χ0v) is 16.9. The summed E-state index contributed by atoms with van der Waals surface area (Å²) in [6.07, 6.45) is 3.96. The molecule has 6 heteroatoms. The molecule has 146 valence electrons. The van der Waals surface area contributed by atoms with Crippen molar-refractivity contribution in [2.45, 2.75) is 45.2 Å². The number of nitrogens with zero attached hydrogens (tertiary/aromatic N) is 2. The third-order valence-electron chi connectivity index (χ3n) is 5.03. The zero-order chi connectivity index (χ0) is 19.0. The quantitative estimate of drug-likeness (QED) is 0.577. The number of piperidine rings is 1. The lowest BCUT2D eigenvalue weighted by Gasteiger charge is -2.41. The summed E-state index contributed by atoms with van der Waals surface area (Å²) >= 11 is 0. The molecule has 1 aliphatic heterocycles. The molecule has 0 amide bonds. The number of guanidine groups is 1. The predicted octanol–water partition coefficient (Wildman–Crippen LogP) is 2.63. The summed E-state index contributed by atoms with van der Waals surface area (Å²) in [5.74, 6) is 2.29. The highest BCUT2D eigenvalue weighted by Gasteiger charge is 2.27. The van der Waals surface area contributed by atoms with E-state index in [1.54, 1.807) is 21.3 Å². The van der Waals surface area contributed by atoms with E-state index in [4.69, 9.17) is 9.47 Å². The van der Waals surface area contributed by atoms with E-state index in [0.717, 1.165) is 29.6 Å². The third kappa shape index (κ3) is 5.53. The van der Waals surface area contributed by atoms with Crippen LogP contribution in [0.3, 0.4) is 0 Å². The lowest BCUT2D eigenvalue weighted by atomic mass is 9.98. The molecule has 0 spiro atoms. The molecule has 0 aliphatic carbocycles. The van der Waals surface area contributed by atoms with Crippen molar-refractivity contribution in [1.82, 2.24) is 15.5 Å². The van der Waals surface area contributed by atoms with Gasteiger partial charge in [0, 0.05) is 25.7 Å². The average molecular weight is 363 g/mol. The van der Waals surface area contributed by atoms with E-state index in [1.807, 2.05) is 18.2 Å². The second kappa shape index (κ2) is 9.67. The van der Waals surface area contributed by atoms with Gasteiger partial charge in [-0.1, -0.05) is 12.5 Å². The Kier molecular flexibility index (Phi) is 7.57. The number of likely N-dealkylation sites (tertiary alicyclic amines) is 1. The maximum absolute atomic E-state index is 5.37. The largest absolute Gasteiger partial charge is 0.493 e. The molecule has 0 aromatic heterocycles. The van der Waals surface area contributed by atoms with Gasteiger partial charge in [-0.05, 0) is 57.5 Å². The lowest BCUT2D eigenvalue weighted by Crippen LogP contribution is -2.54. The number of rotatable bonds is 7. The van der Waals surface area contributed by atoms with Gasteiger partial charge in [0.1, 0.15) is 0 Å². The van der Waals surface area contributed by atoms with E-state index < -0.39 is 0 Å². The molecule has 0 atom stereocenters. The van der Waals surface area contributed by atoms with Gasteiger partial charge in [0.2, 0.25) is 0 Å². The van der Waals surface area contributed by atoms with Crippen molar-refractivity contribution in [2.75, 3.05) is 40.9 Å². The predicted molar refractivity (Wildman–Crippen MR) is 107 cm³/mol. The van der Waals surface area contributed by atoms with E-state index in [1.165, 1.54) is 32.4 Å². The van der Waals surface area contributed by atoms with Gasteiger partial charge >= 0.3 is 0 Å². The average Bonchev–Trinajstić information content (AvgIpc) is 2.68.